The van der Waals surface area contributed by atoms with Gasteiger partial charge in [-0.05, 0) is 18.7 Å². The lowest BCUT2D eigenvalue weighted by atomic mass is 10.0. The fourth-order valence-electron chi connectivity index (χ4n) is 2.20. The normalized spacial score (nSPS) is 18.4. The first kappa shape index (κ1) is 12.1. The van der Waals surface area contributed by atoms with E-state index in [-0.39, 0.29) is 12.1 Å². The molecule has 1 heterocycles. The van der Waals surface area contributed by atoms with Gasteiger partial charge >= 0.3 is 0 Å². The van der Waals surface area contributed by atoms with Crippen LogP contribution in [0.4, 0.5) is 0 Å². The number of benzene rings is 1. The zero-order valence-corrected chi connectivity index (χ0v) is 10.3. The topological polar surface area (TPSA) is 30.5 Å². The zero-order chi connectivity index (χ0) is 12.1. The van der Waals surface area contributed by atoms with Gasteiger partial charge in [0.05, 0.1) is 12.6 Å². The first-order valence-electron chi connectivity index (χ1n) is 5.94. The van der Waals surface area contributed by atoms with Gasteiger partial charge < -0.3 is 14.8 Å². The first-order chi connectivity index (χ1) is 8.36. The van der Waals surface area contributed by atoms with E-state index in [0.717, 1.165) is 24.4 Å². The molecule has 2 unspecified atom stereocenters. The van der Waals surface area contributed by atoms with Crippen molar-refractivity contribution in [3.8, 4) is 0 Å². The van der Waals surface area contributed by atoms with E-state index in [1.165, 1.54) is 0 Å². The van der Waals surface area contributed by atoms with Gasteiger partial charge in [-0.15, -0.1) is 0 Å². The number of likely N-dealkylation sites (N-methyl/N-ethyl adjacent to an activating group) is 1. The Morgan fingerprint density at radius 2 is 2.06 bits per heavy atom. The standard InChI is InChI=1S/C14H19NO2/c1-15-13(12-9-6-10-17-12)14(16-2)11-7-4-3-5-8-11/h3-5,7-9,13-15H,6,10H2,1-2H3. The van der Waals surface area contributed by atoms with Crippen LogP contribution in [0, 0.1) is 0 Å². The van der Waals surface area contributed by atoms with Crippen molar-refractivity contribution in [2.24, 2.45) is 0 Å². The second-order valence-corrected chi connectivity index (χ2v) is 4.08. The van der Waals surface area contributed by atoms with Gasteiger partial charge in [0.1, 0.15) is 11.9 Å². The molecule has 0 amide bonds. The Balaban J connectivity index is 2.21. The van der Waals surface area contributed by atoms with E-state index in [1.54, 1.807) is 7.11 Å². The van der Waals surface area contributed by atoms with Gasteiger partial charge in [-0.1, -0.05) is 30.3 Å². The molecule has 1 aliphatic rings. The molecule has 2 rings (SSSR count). The summed E-state index contributed by atoms with van der Waals surface area (Å²) in [5.41, 5.74) is 1.16. The largest absolute Gasteiger partial charge is 0.496 e. The molecule has 1 N–H and O–H groups in total. The highest BCUT2D eigenvalue weighted by molar-refractivity contribution is 5.23. The van der Waals surface area contributed by atoms with Crippen LogP contribution in [0.2, 0.25) is 0 Å². The Labute approximate surface area is 102 Å². The molecule has 0 saturated carbocycles. The Morgan fingerprint density at radius 1 is 1.29 bits per heavy atom. The summed E-state index contributed by atoms with van der Waals surface area (Å²) in [7, 11) is 3.67. The van der Waals surface area contributed by atoms with Crippen LogP contribution in [0.15, 0.2) is 42.2 Å². The molecule has 3 heteroatoms. The predicted molar refractivity (Wildman–Crippen MR) is 67.7 cm³/mol. The first-order valence-corrected chi connectivity index (χ1v) is 5.94. The number of rotatable bonds is 5. The van der Waals surface area contributed by atoms with Gasteiger partial charge in [-0.3, -0.25) is 0 Å². The SMILES string of the molecule is CNC(C1=CCCO1)C(OC)c1ccccc1. The molecular weight excluding hydrogens is 214 g/mol. The highest BCUT2D eigenvalue weighted by Gasteiger charge is 2.27. The van der Waals surface area contributed by atoms with Crippen LogP contribution in [0.5, 0.6) is 0 Å². The van der Waals surface area contributed by atoms with Gasteiger partial charge in [0, 0.05) is 13.5 Å². The van der Waals surface area contributed by atoms with E-state index < -0.39 is 0 Å². The van der Waals surface area contributed by atoms with Gasteiger partial charge in [0.25, 0.3) is 0 Å². The van der Waals surface area contributed by atoms with Crippen LogP contribution in [0.3, 0.4) is 0 Å². The van der Waals surface area contributed by atoms with Gasteiger partial charge in [-0.2, -0.15) is 0 Å². The van der Waals surface area contributed by atoms with E-state index in [1.807, 2.05) is 25.2 Å². The second kappa shape index (κ2) is 5.84. The summed E-state index contributed by atoms with van der Waals surface area (Å²) in [6, 6.07) is 10.3. The Kier molecular flexibility index (Phi) is 4.18. The van der Waals surface area contributed by atoms with Crippen molar-refractivity contribution in [1.82, 2.24) is 5.32 Å². The second-order valence-electron chi connectivity index (χ2n) is 4.08. The zero-order valence-electron chi connectivity index (χ0n) is 10.3. The van der Waals surface area contributed by atoms with Gasteiger partial charge in [0.2, 0.25) is 0 Å². The predicted octanol–water partition coefficient (Wildman–Crippen LogP) is 2.27. The Hall–Kier alpha value is -1.32. The van der Waals surface area contributed by atoms with Crippen molar-refractivity contribution in [3.05, 3.63) is 47.7 Å². The molecule has 92 valence electrons. The molecule has 1 aliphatic heterocycles. The van der Waals surface area contributed by atoms with Crippen LogP contribution in [0.25, 0.3) is 0 Å². The van der Waals surface area contributed by atoms with E-state index in [2.05, 4.69) is 23.5 Å². The van der Waals surface area contributed by atoms with Crippen LogP contribution in [0.1, 0.15) is 18.1 Å². The minimum absolute atomic E-state index is 0.0226. The highest BCUT2D eigenvalue weighted by Crippen LogP contribution is 2.27. The van der Waals surface area contributed by atoms with Gasteiger partial charge in [-0.25, -0.2) is 0 Å². The molecular formula is C14H19NO2. The Bertz CT molecular complexity index is 375. The maximum Gasteiger partial charge on any atom is 0.112 e. The van der Waals surface area contributed by atoms with Crippen molar-refractivity contribution in [2.45, 2.75) is 18.6 Å². The van der Waals surface area contributed by atoms with E-state index in [4.69, 9.17) is 9.47 Å². The third kappa shape index (κ3) is 2.68. The number of nitrogens with one attached hydrogen (secondary N) is 1. The van der Waals surface area contributed by atoms with E-state index in [0.29, 0.717) is 0 Å². The molecule has 0 radical (unpaired) electrons. The third-order valence-electron chi connectivity index (χ3n) is 3.03. The summed E-state index contributed by atoms with van der Waals surface area (Å²) >= 11 is 0. The monoisotopic (exact) mass is 233 g/mol. The summed E-state index contributed by atoms with van der Waals surface area (Å²) in [4.78, 5) is 0. The molecule has 0 aromatic heterocycles. The van der Waals surface area contributed by atoms with E-state index in [9.17, 15) is 0 Å². The smallest absolute Gasteiger partial charge is 0.112 e. The molecule has 0 fully saturated rings. The van der Waals surface area contributed by atoms with Crippen LogP contribution < -0.4 is 5.32 Å². The highest BCUT2D eigenvalue weighted by atomic mass is 16.5. The number of methoxy groups -OCH3 is 1. The summed E-state index contributed by atoms with van der Waals surface area (Å²) in [5.74, 6) is 0.989. The minimum Gasteiger partial charge on any atom is -0.496 e. The quantitative estimate of drug-likeness (QED) is 0.846. The summed E-state index contributed by atoms with van der Waals surface area (Å²) in [6.07, 6.45) is 3.10. The Morgan fingerprint density at radius 3 is 2.59 bits per heavy atom. The van der Waals surface area contributed by atoms with Crippen molar-refractivity contribution in [2.75, 3.05) is 20.8 Å². The molecule has 3 nitrogen and oxygen atoms in total. The summed E-state index contributed by atoms with van der Waals surface area (Å²) < 4.78 is 11.2. The lowest BCUT2D eigenvalue weighted by molar-refractivity contribution is 0.0602. The fourth-order valence-corrected chi connectivity index (χ4v) is 2.20. The number of hydrogen-bond acceptors (Lipinski definition) is 3. The van der Waals surface area contributed by atoms with Crippen molar-refractivity contribution < 1.29 is 9.47 Å². The average Bonchev–Trinajstić information content (AvgIpc) is 2.90. The molecule has 0 spiro atoms. The van der Waals surface area contributed by atoms with Gasteiger partial charge in [0.15, 0.2) is 0 Å². The number of ether oxygens (including phenoxy) is 2. The van der Waals surface area contributed by atoms with Crippen molar-refractivity contribution in [1.29, 1.82) is 0 Å². The summed E-state index contributed by atoms with van der Waals surface area (Å²) in [5, 5.41) is 3.28. The fraction of sp³-hybridized carbons (Fsp3) is 0.429. The molecule has 0 bridgehead atoms. The molecule has 17 heavy (non-hydrogen) atoms. The van der Waals surface area contributed by atoms with Crippen molar-refractivity contribution in [3.63, 3.8) is 0 Å². The molecule has 0 saturated heterocycles. The van der Waals surface area contributed by atoms with Crippen LogP contribution in [-0.4, -0.2) is 26.8 Å². The third-order valence-corrected chi connectivity index (χ3v) is 3.03. The van der Waals surface area contributed by atoms with Crippen LogP contribution in [-0.2, 0) is 9.47 Å². The lowest BCUT2D eigenvalue weighted by Crippen LogP contribution is -2.35. The maximum absolute atomic E-state index is 5.63. The minimum atomic E-state index is -0.0226. The summed E-state index contributed by atoms with van der Waals surface area (Å²) in [6.45, 7) is 0.777. The van der Waals surface area contributed by atoms with Crippen molar-refractivity contribution >= 4 is 0 Å². The molecule has 2 atom stereocenters. The maximum atomic E-state index is 5.63. The molecule has 1 aromatic carbocycles. The lowest BCUT2D eigenvalue weighted by Gasteiger charge is -2.26. The number of hydrogen-bond donors (Lipinski definition) is 1. The average molecular weight is 233 g/mol. The molecule has 0 aliphatic carbocycles. The molecule has 1 aromatic rings. The van der Waals surface area contributed by atoms with E-state index >= 15 is 0 Å². The van der Waals surface area contributed by atoms with Crippen LogP contribution >= 0.6 is 0 Å².